The lowest BCUT2D eigenvalue weighted by Crippen LogP contribution is -2.44. The topological polar surface area (TPSA) is 125 Å². The molecule has 3 rings (SSSR count). The third-order valence-corrected chi connectivity index (χ3v) is 6.68. The fourth-order valence-electron chi connectivity index (χ4n) is 3.90. The highest BCUT2D eigenvalue weighted by molar-refractivity contribution is 7.18. The Labute approximate surface area is 183 Å². The van der Waals surface area contributed by atoms with Gasteiger partial charge in [-0.1, -0.05) is 12.8 Å². The molecule has 1 saturated heterocycles. The number of imide groups is 1. The Hall–Kier alpha value is -2.95. The summed E-state index contributed by atoms with van der Waals surface area (Å²) in [7, 11) is 3.17. The van der Waals surface area contributed by atoms with Crippen LogP contribution in [0.3, 0.4) is 0 Å². The zero-order valence-corrected chi connectivity index (χ0v) is 18.8. The minimum atomic E-state index is -0.904. The molecule has 168 valence electrons. The first-order chi connectivity index (χ1) is 14.6. The second-order valence-electron chi connectivity index (χ2n) is 7.84. The smallest absolute Gasteiger partial charge is 0.341 e. The van der Waals surface area contributed by atoms with Crippen LogP contribution in [0.15, 0.2) is 0 Å². The number of urea groups is 1. The van der Waals surface area contributed by atoms with Gasteiger partial charge >= 0.3 is 12.0 Å². The maximum Gasteiger partial charge on any atom is 0.341 e. The van der Waals surface area contributed by atoms with Crippen LogP contribution in [-0.2, 0) is 14.3 Å². The summed E-state index contributed by atoms with van der Waals surface area (Å²) in [6, 6.07) is -0.599. The van der Waals surface area contributed by atoms with Crippen LogP contribution >= 0.6 is 11.3 Å². The van der Waals surface area contributed by atoms with Crippen LogP contribution in [0.1, 0.15) is 58.2 Å². The average molecular weight is 451 g/mol. The van der Waals surface area contributed by atoms with Crippen molar-refractivity contribution in [3.05, 3.63) is 16.0 Å². The SMILES string of the molecule is CCOC(=O)c1c(NC(=O)CN2C(=O)NC3(CCCC3)C2=O)sc(C(=O)N(C)C)c1C. The summed E-state index contributed by atoms with van der Waals surface area (Å²) >= 11 is 0.955. The van der Waals surface area contributed by atoms with Gasteiger partial charge in [-0.05, 0) is 32.3 Å². The molecule has 5 amide bonds. The summed E-state index contributed by atoms with van der Waals surface area (Å²) in [4.78, 5) is 65.3. The Morgan fingerprint density at radius 1 is 1.23 bits per heavy atom. The van der Waals surface area contributed by atoms with Gasteiger partial charge in [-0.25, -0.2) is 9.59 Å². The molecule has 1 spiro atoms. The van der Waals surface area contributed by atoms with Crippen LogP contribution in [-0.4, -0.2) is 72.3 Å². The monoisotopic (exact) mass is 450 g/mol. The van der Waals surface area contributed by atoms with Gasteiger partial charge in [0, 0.05) is 14.1 Å². The number of anilines is 1. The standard InChI is InChI=1S/C20H26N4O6S/c1-5-30-17(27)13-11(2)14(16(26)23(3)4)31-15(13)21-12(25)10-24-18(28)20(22-19(24)29)8-6-7-9-20/h5-10H2,1-4H3,(H,21,25)(H,22,29). The molecule has 0 atom stereocenters. The van der Waals surface area contributed by atoms with Crippen molar-refractivity contribution >= 4 is 46.1 Å². The molecule has 2 aliphatic rings. The molecule has 2 heterocycles. The van der Waals surface area contributed by atoms with E-state index in [4.69, 9.17) is 4.74 Å². The van der Waals surface area contributed by atoms with Crippen molar-refractivity contribution in [2.24, 2.45) is 0 Å². The molecule has 2 N–H and O–H groups in total. The number of nitrogens with one attached hydrogen (secondary N) is 2. The molecule has 0 radical (unpaired) electrons. The van der Waals surface area contributed by atoms with E-state index in [1.807, 2.05) is 0 Å². The van der Waals surface area contributed by atoms with Crippen LogP contribution in [0.25, 0.3) is 0 Å². The van der Waals surface area contributed by atoms with E-state index >= 15 is 0 Å². The molecule has 1 aromatic heterocycles. The number of esters is 1. The summed E-state index contributed by atoms with van der Waals surface area (Å²) in [6.45, 7) is 2.90. The van der Waals surface area contributed by atoms with E-state index in [1.165, 1.54) is 4.90 Å². The molecule has 10 nitrogen and oxygen atoms in total. The fourth-order valence-corrected chi connectivity index (χ4v) is 5.14. The molecule has 1 aromatic rings. The quantitative estimate of drug-likeness (QED) is 0.502. The van der Waals surface area contributed by atoms with Crippen molar-refractivity contribution in [1.29, 1.82) is 0 Å². The number of carbonyl (C=O) groups excluding carboxylic acids is 5. The van der Waals surface area contributed by atoms with Gasteiger partial charge < -0.3 is 20.3 Å². The van der Waals surface area contributed by atoms with Crippen LogP contribution in [0.5, 0.6) is 0 Å². The Bertz CT molecular complexity index is 948. The van der Waals surface area contributed by atoms with E-state index in [9.17, 15) is 24.0 Å². The molecular weight excluding hydrogens is 424 g/mol. The number of thiophene rings is 1. The predicted octanol–water partition coefficient (Wildman–Crippen LogP) is 1.74. The molecule has 1 aliphatic carbocycles. The minimum absolute atomic E-state index is 0.0925. The van der Waals surface area contributed by atoms with Crippen molar-refractivity contribution in [1.82, 2.24) is 15.1 Å². The van der Waals surface area contributed by atoms with E-state index in [-0.39, 0.29) is 23.1 Å². The highest BCUT2D eigenvalue weighted by atomic mass is 32.1. The molecule has 31 heavy (non-hydrogen) atoms. The predicted molar refractivity (Wildman–Crippen MR) is 113 cm³/mol. The lowest BCUT2D eigenvalue weighted by Gasteiger charge is -2.19. The maximum atomic E-state index is 12.8. The van der Waals surface area contributed by atoms with Gasteiger partial charge in [0.15, 0.2) is 0 Å². The minimum Gasteiger partial charge on any atom is -0.462 e. The lowest BCUT2D eigenvalue weighted by molar-refractivity contribution is -0.133. The van der Waals surface area contributed by atoms with Crippen LogP contribution in [0.4, 0.5) is 9.80 Å². The van der Waals surface area contributed by atoms with E-state index < -0.39 is 35.9 Å². The first-order valence-electron chi connectivity index (χ1n) is 10.1. The Kier molecular flexibility index (Phi) is 6.35. The van der Waals surface area contributed by atoms with E-state index in [0.717, 1.165) is 29.1 Å². The lowest BCUT2D eigenvalue weighted by atomic mass is 9.98. The van der Waals surface area contributed by atoms with Crippen molar-refractivity contribution in [2.75, 3.05) is 32.6 Å². The van der Waals surface area contributed by atoms with E-state index in [0.29, 0.717) is 23.3 Å². The molecule has 0 aromatic carbocycles. The molecule has 1 aliphatic heterocycles. The summed E-state index contributed by atoms with van der Waals surface area (Å²) < 4.78 is 5.08. The summed E-state index contributed by atoms with van der Waals surface area (Å²) in [5, 5.41) is 5.45. The number of amides is 5. The van der Waals surface area contributed by atoms with E-state index in [2.05, 4.69) is 10.6 Å². The number of hydrogen-bond donors (Lipinski definition) is 2. The number of rotatable bonds is 6. The molecular formula is C20H26N4O6S. The molecule has 1 saturated carbocycles. The third-order valence-electron chi connectivity index (χ3n) is 5.48. The van der Waals surface area contributed by atoms with Gasteiger partial charge in [-0.3, -0.25) is 19.3 Å². The normalized spacial score (nSPS) is 17.1. The van der Waals surface area contributed by atoms with Crippen molar-refractivity contribution in [3.63, 3.8) is 0 Å². The Balaban J connectivity index is 1.82. The van der Waals surface area contributed by atoms with Crippen LogP contribution in [0, 0.1) is 6.92 Å². The second kappa shape index (κ2) is 8.66. The van der Waals surface area contributed by atoms with Crippen molar-refractivity contribution in [3.8, 4) is 0 Å². The Morgan fingerprint density at radius 2 is 1.87 bits per heavy atom. The second-order valence-corrected chi connectivity index (χ2v) is 8.86. The molecule has 0 unspecified atom stereocenters. The Morgan fingerprint density at radius 3 is 2.45 bits per heavy atom. The number of carbonyl (C=O) groups is 5. The largest absolute Gasteiger partial charge is 0.462 e. The van der Waals surface area contributed by atoms with Crippen molar-refractivity contribution < 1.29 is 28.7 Å². The van der Waals surface area contributed by atoms with Crippen LogP contribution < -0.4 is 10.6 Å². The van der Waals surface area contributed by atoms with Crippen LogP contribution in [0.2, 0.25) is 0 Å². The van der Waals surface area contributed by atoms with Gasteiger partial charge in [0.1, 0.15) is 17.1 Å². The number of hydrogen-bond acceptors (Lipinski definition) is 7. The fraction of sp³-hybridized carbons (Fsp3) is 0.550. The highest BCUT2D eigenvalue weighted by Crippen LogP contribution is 2.36. The third kappa shape index (κ3) is 4.14. The van der Waals surface area contributed by atoms with Gasteiger partial charge in [0.2, 0.25) is 5.91 Å². The maximum absolute atomic E-state index is 12.8. The van der Waals surface area contributed by atoms with Crippen molar-refractivity contribution in [2.45, 2.75) is 45.1 Å². The molecule has 2 fully saturated rings. The zero-order valence-electron chi connectivity index (χ0n) is 18.0. The first-order valence-corrected chi connectivity index (χ1v) is 10.9. The summed E-state index contributed by atoms with van der Waals surface area (Å²) in [5.41, 5.74) is -0.412. The molecule has 0 bridgehead atoms. The molecule has 11 heteroatoms. The van der Waals surface area contributed by atoms with E-state index in [1.54, 1.807) is 27.9 Å². The van der Waals surface area contributed by atoms with Gasteiger partial charge in [0.05, 0.1) is 17.0 Å². The zero-order chi connectivity index (χ0) is 22.9. The first kappa shape index (κ1) is 22.7. The van der Waals surface area contributed by atoms with Gasteiger partial charge in [0.25, 0.3) is 11.8 Å². The summed E-state index contributed by atoms with van der Waals surface area (Å²) in [6.07, 6.45) is 2.80. The number of nitrogens with zero attached hydrogens (tertiary/aromatic N) is 2. The summed E-state index contributed by atoms with van der Waals surface area (Å²) in [5.74, 6) is -2.02. The average Bonchev–Trinajstić information content (AvgIpc) is 3.35. The van der Waals surface area contributed by atoms with Gasteiger partial charge in [-0.2, -0.15) is 0 Å². The number of ether oxygens (including phenoxy) is 1. The highest BCUT2D eigenvalue weighted by Gasteiger charge is 2.52. The van der Waals surface area contributed by atoms with Gasteiger partial charge in [-0.15, -0.1) is 11.3 Å².